The van der Waals surface area contributed by atoms with Crippen LogP contribution in [0.2, 0.25) is 0 Å². The summed E-state index contributed by atoms with van der Waals surface area (Å²) in [5.41, 5.74) is -1.73. The molecule has 1 aromatic heterocycles. The summed E-state index contributed by atoms with van der Waals surface area (Å²) < 4.78 is 35.4. The van der Waals surface area contributed by atoms with Gasteiger partial charge in [0.1, 0.15) is 16.9 Å². The molecule has 0 saturated heterocycles. The summed E-state index contributed by atoms with van der Waals surface area (Å²) in [5.74, 6) is -5.21. The lowest BCUT2D eigenvalue weighted by molar-refractivity contribution is -0.149. The molecule has 11 heteroatoms. The van der Waals surface area contributed by atoms with Gasteiger partial charge < -0.3 is 19.9 Å². The SMILES string of the molecule is O=C(O)c1oc(CNC(=O)C2(C(=O)O)CC2)cc1CS(=O)(=O)O. The first-order valence-corrected chi connectivity index (χ1v) is 7.98. The fourth-order valence-corrected chi connectivity index (χ4v) is 2.66. The molecule has 0 aromatic carbocycles. The van der Waals surface area contributed by atoms with Crippen LogP contribution in [0.25, 0.3) is 0 Å². The summed E-state index contributed by atoms with van der Waals surface area (Å²) in [4.78, 5) is 33.8. The molecule has 1 heterocycles. The summed E-state index contributed by atoms with van der Waals surface area (Å²) in [5, 5.41) is 20.2. The van der Waals surface area contributed by atoms with Crippen molar-refractivity contribution in [1.29, 1.82) is 0 Å². The predicted molar refractivity (Wildman–Crippen MR) is 72.1 cm³/mol. The van der Waals surface area contributed by atoms with E-state index < -0.39 is 44.9 Å². The molecule has 1 saturated carbocycles. The van der Waals surface area contributed by atoms with E-state index in [4.69, 9.17) is 19.2 Å². The van der Waals surface area contributed by atoms with Gasteiger partial charge in [0.2, 0.25) is 11.7 Å². The maximum Gasteiger partial charge on any atom is 0.372 e. The van der Waals surface area contributed by atoms with E-state index in [2.05, 4.69) is 5.32 Å². The number of hydrogen-bond acceptors (Lipinski definition) is 6. The molecule has 0 radical (unpaired) electrons. The highest BCUT2D eigenvalue weighted by Crippen LogP contribution is 2.46. The third-order valence-electron chi connectivity index (χ3n) is 3.41. The Labute approximate surface area is 129 Å². The largest absolute Gasteiger partial charge is 0.480 e. The molecule has 1 aliphatic rings. The van der Waals surface area contributed by atoms with E-state index >= 15 is 0 Å². The normalized spacial score (nSPS) is 15.9. The van der Waals surface area contributed by atoms with Crippen LogP contribution >= 0.6 is 0 Å². The van der Waals surface area contributed by atoms with Crippen molar-refractivity contribution >= 4 is 28.0 Å². The molecule has 4 N–H and O–H groups in total. The first-order chi connectivity index (χ1) is 10.5. The van der Waals surface area contributed by atoms with Crippen LogP contribution in [0.4, 0.5) is 0 Å². The Morgan fingerprint density at radius 3 is 2.30 bits per heavy atom. The highest BCUT2D eigenvalue weighted by Gasteiger charge is 2.57. The lowest BCUT2D eigenvalue weighted by Gasteiger charge is -2.09. The van der Waals surface area contributed by atoms with Crippen LogP contribution in [0, 0.1) is 5.41 Å². The van der Waals surface area contributed by atoms with Gasteiger partial charge in [0.05, 0.1) is 6.54 Å². The number of hydrogen-bond donors (Lipinski definition) is 4. The predicted octanol–water partition coefficient (Wildman–Crippen LogP) is -0.153. The second-order valence-corrected chi connectivity index (χ2v) is 6.62. The Morgan fingerprint density at radius 2 is 1.87 bits per heavy atom. The molecule has 0 unspecified atom stereocenters. The van der Waals surface area contributed by atoms with Crippen molar-refractivity contribution in [3.8, 4) is 0 Å². The lowest BCUT2D eigenvalue weighted by atomic mass is 10.1. The highest BCUT2D eigenvalue weighted by molar-refractivity contribution is 7.85. The number of aliphatic carboxylic acids is 1. The van der Waals surface area contributed by atoms with E-state index in [1.165, 1.54) is 0 Å². The van der Waals surface area contributed by atoms with Gasteiger partial charge >= 0.3 is 11.9 Å². The summed E-state index contributed by atoms with van der Waals surface area (Å²) in [6, 6.07) is 1.07. The van der Waals surface area contributed by atoms with Gasteiger partial charge in [0, 0.05) is 5.56 Å². The van der Waals surface area contributed by atoms with Gasteiger partial charge in [-0.25, -0.2) is 4.79 Å². The quantitative estimate of drug-likeness (QED) is 0.386. The minimum absolute atomic E-state index is 0.0735. The molecule has 1 aromatic rings. The zero-order chi connectivity index (χ0) is 17.4. The first kappa shape index (κ1) is 17.0. The van der Waals surface area contributed by atoms with Crippen molar-refractivity contribution < 1.29 is 42.0 Å². The smallest absolute Gasteiger partial charge is 0.372 e. The van der Waals surface area contributed by atoms with Gasteiger partial charge in [-0.1, -0.05) is 0 Å². The first-order valence-electron chi connectivity index (χ1n) is 6.37. The van der Waals surface area contributed by atoms with Crippen LogP contribution in [-0.4, -0.2) is 41.0 Å². The topological polar surface area (TPSA) is 171 Å². The van der Waals surface area contributed by atoms with Crippen LogP contribution in [0.1, 0.15) is 34.7 Å². The van der Waals surface area contributed by atoms with E-state index in [1.807, 2.05) is 0 Å². The van der Waals surface area contributed by atoms with Crippen LogP contribution in [-0.2, 0) is 32.0 Å². The molecular formula is C12H13NO9S. The average molecular weight is 347 g/mol. The number of carbonyl (C=O) groups is 3. The Balaban J connectivity index is 2.12. The van der Waals surface area contributed by atoms with Crippen molar-refractivity contribution in [1.82, 2.24) is 5.32 Å². The maximum atomic E-state index is 11.8. The molecule has 0 aliphatic heterocycles. The summed E-state index contributed by atoms with van der Waals surface area (Å²) in [6.07, 6.45) is 0.418. The number of carbonyl (C=O) groups excluding carboxylic acids is 1. The Morgan fingerprint density at radius 1 is 1.26 bits per heavy atom. The Kier molecular flexibility index (Phi) is 4.18. The van der Waals surface area contributed by atoms with Crippen LogP contribution < -0.4 is 5.32 Å². The standard InChI is InChI=1S/C12H13NO9S/c14-9(15)8-6(5-23(19,20)21)3-7(22-8)4-13-10(16)12(1-2-12)11(17)18/h3H,1-2,4-5H2,(H,13,16)(H,14,15)(H,17,18)(H,19,20,21). The molecule has 23 heavy (non-hydrogen) atoms. The minimum Gasteiger partial charge on any atom is -0.480 e. The highest BCUT2D eigenvalue weighted by atomic mass is 32.2. The Hall–Kier alpha value is -2.40. The molecule has 0 spiro atoms. The van der Waals surface area contributed by atoms with Crippen molar-refractivity contribution in [2.45, 2.75) is 25.1 Å². The van der Waals surface area contributed by atoms with Crippen LogP contribution in [0.15, 0.2) is 10.5 Å². The van der Waals surface area contributed by atoms with Crippen LogP contribution in [0.5, 0.6) is 0 Å². The van der Waals surface area contributed by atoms with Gasteiger partial charge in [-0.05, 0) is 18.9 Å². The van der Waals surface area contributed by atoms with Crippen molar-refractivity contribution in [3.63, 3.8) is 0 Å². The average Bonchev–Trinajstić information content (AvgIpc) is 3.12. The summed E-state index contributed by atoms with van der Waals surface area (Å²) in [6.45, 7) is -0.306. The monoisotopic (exact) mass is 347 g/mol. The molecule has 1 amide bonds. The minimum atomic E-state index is -4.46. The molecule has 0 atom stereocenters. The molecular weight excluding hydrogens is 334 g/mol. The number of rotatable bonds is 7. The van der Waals surface area contributed by atoms with Gasteiger partial charge in [0.25, 0.3) is 10.1 Å². The van der Waals surface area contributed by atoms with E-state index in [0.29, 0.717) is 0 Å². The number of carboxylic acid groups (broad SMARTS) is 2. The number of furan rings is 1. The molecule has 126 valence electrons. The number of carboxylic acids is 2. The lowest BCUT2D eigenvalue weighted by Crippen LogP contribution is -2.36. The van der Waals surface area contributed by atoms with Crippen molar-refractivity contribution in [3.05, 3.63) is 23.2 Å². The van der Waals surface area contributed by atoms with Gasteiger partial charge in [-0.3, -0.25) is 14.1 Å². The third-order valence-corrected chi connectivity index (χ3v) is 4.09. The molecule has 1 aliphatic carbocycles. The van der Waals surface area contributed by atoms with Gasteiger partial charge in [-0.15, -0.1) is 0 Å². The second kappa shape index (κ2) is 5.66. The number of aromatic carboxylic acids is 1. The molecule has 10 nitrogen and oxygen atoms in total. The maximum absolute atomic E-state index is 11.8. The fourth-order valence-electron chi connectivity index (χ4n) is 2.06. The van der Waals surface area contributed by atoms with Gasteiger partial charge in [-0.2, -0.15) is 8.42 Å². The van der Waals surface area contributed by atoms with Crippen LogP contribution in [0.3, 0.4) is 0 Å². The summed E-state index contributed by atoms with van der Waals surface area (Å²) in [7, 11) is -4.46. The Bertz CT molecular complexity index is 772. The van der Waals surface area contributed by atoms with E-state index in [1.54, 1.807) is 0 Å². The second-order valence-electron chi connectivity index (χ2n) is 5.17. The third kappa shape index (κ3) is 3.68. The van der Waals surface area contributed by atoms with E-state index in [0.717, 1.165) is 6.07 Å². The van der Waals surface area contributed by atoms with E-state index in [-0.39, 0.29) is 30.7 Å². The zero-order valence-electron chi connectivity index (χ0n) is 11.6. The molecule has 0 bridgehead atoms. The number of nitrogens with one attached hydrogen (secondary N) is 1. The van der Waals surface area contributed by atoms with Crippen molar-refractivity contribution in [2.75, 3.05) is 0 Å². The summed E-state index contributed by atoms with van der Waals surface area (Å²) >= 11 is 0. The molecule has 2 rings (SSSR count). The van der Waals surface area contributed by atoms with Crippen molar-refractivity contribution in [2.24, 2.45) is 5.41 Å². The van der Waals surface area contributed by atoms with E-state index in [9.17, 15) is 22.8 Å². The zero-order valence-corrected chi connectivity index (χ0v) is 12.4. The fraction of sp³-hybridized carbons (Fsp3) is 0.417. The number of amides is 1. The molecule has 1 fully saturated rings. The van der Waals surface area contributed by atoms with Gasteiger partial charge in [0.15, 0.2) is 0 Å².